The Hall–Kier alpha value is -2.82. The van der Waals surface area contributed by atoms with E-state index in [4.69, 9.17) is 0 Å². The van der Waals surface area contributed by atoms with Crippen LogP contribution in [0.2, 0.25) is 0 Å². The number of benzene rings is 3. The van der Waals surface area contributed by atoms with Crippen LogP contribution >= 0.6 is 0 Å². The Balaban J connectivity index is 1.64. The zero-order chi connectivity index (χ0) is 16.9. The van der Waals surface area contributed by atoms with E-state index >= 15 is 0 Å². The zero-order valence-electron chi connectivity index (χ0n) is 13.8. The number of rotatable bonds is 5. The molecule has 1 unspecified atom stereocenters. The maximum atomic E-state index is 12.4. The van der Waals surface area contributed by atoms with Gasteiger partial charge in [0.2, 0.25) is 0 Å². The summed E-state index contributed by atoms with van der Waals surface area (Å²) in [6.45, 7) is 4.07. The highest BCUT2D eigenvalue weighted by Crippen LogP contribution is 2.15. The molecule has 0 aliphatic rings. The van der Waals surface area contributed by atoms with Crippen molar-refractivity contribution in [1.29, 1.82) is 0 Å². The van der Waals surface area contributed by atoms with E-state index in [0.29, 0.717) is 11.4 Å². The number of hydrogen-bond donors (Lipinski definition) is 3. The summed E-state index contributed by atoms with van der Waals surface area (Å²) in [5, 5.41) is 12.5. The predicted molar refractivity (Wildman–Crippen MR) is 99.7 cm³/mol. The van der Waals surface area contributed by atoms with Gasteiger partial charge < -0.3 is 21.1 Å². The molecule has 0 saturated carbocycles. The van der Waals surface area contributed by atoms with Crippen molar-refractivity contribution in [2.24, 2.45) is 0 Å². The first-order valence-corrected chi connectivity index (χ1v) is 7.92. The number of quaternary nitrogens is 1. The molecule has 0 aliphatic heterocycles. The van der Waals surface area contributed by atoms with Gasteiger partial charge >= 0.3 is 0 Å². The van der Waals surface area contributed by atoms with Gasteiger partial charge in [0.1, 0.15) is 11.4 Å². The average Bonchev–Trinajstić information content (AvgIpc) is 2.62. The van der Waals surface area contributed by atoms with E-state index in [1.807, 2.05) is 79.7 Å². The van der Waals surface area contributed by atoms with E-state index in [-0.39, 0.29) is 5.06 Å². The van der Waals surface area contributed by atoms with Gasteiger partial charge in [0, 0.05) is 24.3 Å². The zero-order valence-corrected chi connectivity index (χ0v) is 13.8. The van der Waals surface area contributed by atoms with E-state index in [1.54, 1.807) is 0 Å². The Morgan fingerprint density at radius 1 is 0.583 bits per heavy atom. The molecule has 3 aromatic carbocycles. The van der Waals surface area contributed by atoms with Crippen LogP contribution in [0.5, 0.6) is 0 Å². The fourth-order valence-electron chi connectivity index (χ4n) is 2.36. The van der Waals surface area contributed by atoms with Crippen LogP contribution in [0.1, 0.15) is 11.1 Å². The first-order chi connectivity index (χ1) is 11.6. The number of hydrogen-bond acceptors (Lipinski definition) is 3. The van der Waals surface area contributed by atoms with Crippen molar-refractivity contribution in [3.8, 4) is 0 Å². The normalized spacial score (nSPS) is 11.8. The highest BCUT2D eigenvalue weighted by Gasteiger charge is 2.06. The summed E-state index contributed by atoms with van der Waals surface area (Å²) >= 11 is 0. The lowest BCUT2D eigenvalue weighted by molar-refractivity contribution is -0.698. The third-order valence-corrected chi connectivity index (χ3v) is 3.86. The molecular formula is C20H21N3O. The summed E-state index contributed by atoms with van der Waals surface area (Å²) in [6, 6.07) is 23.2. The van der Waals surface area contributed by atoms with Gasteiger partial charge in [0.15, 0.2) is 0 Å². The molecule has 0 fully saturated rings. The molecule has 3 rings (SSSR count). The lowest BCUT2D eigenvalue weighted by Gasteiger charge is -2.21. The Bertz CT molecular complexity index is 781. The van der Waals surface area contributed by atoms with E-state index in [1.165, 1.54) is 5.56 Å². The SMILES string of the molecule is Cc1ccc(NNc2ccc([NH+]([O-])c3ccc(C)cc3)cc2)cc1. The first-order valence-electron chi connectivity index (χ1n) is 7.92. The van der Waals surface area contributed by atoms with Crippen LogP contribution in [-0.2, 0) is 0 Å². The second-order valence-corrected chi connectivity index (χ2v) is 5.89. The molecule has 4 heteroatoms. The summed E-state index contributed by atoms with van der Waals surface area (Å²) in [4.78, 5) is 0. The summed E-state index contributed by atoms with van der Waals surface area (Å²) in [5.41, 5.74) is 11.9. The molecule has 122 valence electrons. The fraction of sp³-hybridized carbons (Fsp3) is 0.100. The Labute approximate surface area is 142 Å². The second kappa shape index (κ2) is 7.17. The first kappa shape index (κ1) is 16.1. The number of hydrazine groups is 1. The summed E-state index contributed by atoms with van der Waals surface area (Å²) in [5.74, 6) is 0. The van der Waals surface area contributed by atoms with Gasteiger partial charge in [-0.25, -0.2) is 0 Å². The minimum Gasteiger partial charge on any atom is -0.623 e. The summed E-state index contributed by atoms with van der Waals surface area (Å²) in [6.07, 6.45) is 0. The van der Waals surface area contributed by atoms with Gasteiger partial charge in [-0.15, -0.1) is 0 Å². The van der Waals surface area contributed by atoms with Crippen molar-refractivity contribution in [2.75, 3.05) is 10.9 Å². The summed E-state index contributed by atoms with van der Waals surface area (Å²) < 4.78 is 0. The molecule has 0 radical (unpaired) electrons. The van der Waals surface area contributed by atoms with Crippen LogP contribution in [0.25, 0.3) is 0 Å². The number of anilines is 2. The van der Waals surface area contributed by atoms with Gasteiger partial charge in [-0.05, 0) is 38.1 Å². The molecule has 0 amide bonds. The molecule has 0 bridgehead atoms. The highest BCUT2D eigenvalue weighted by molar-refractivity contribution is 5.55. The molecule has 1 atom stereocenters. The van der Waals surface area contributed by atoms with Crippen LogP contribution in [0, 0.1) is 19.1 Å². The monoisotopic (exact) mass is 319 g/mol. The van der Waals surface area contributed by atoms with Gasteiger partial charge in [-0.3, -0.25) is 0 Å². The lowest BCUT2D eigenvalue weighted by atomic mass is 10.2. The molecule has 3 aromatic rings. The Kier molecular flexibility index (Phi) is 4.79. The third-order valence-electron chi connectivity index (χ3n) is 3.86. The van der Waals surface area contributed by atoms with Crippen molar-refractivity contribution in [1.82, 2.24) is 0 Å². The van der Waals surface area contributed by atoms with Crippen molar-refractivity contribution < 1.29 is 5.06 Å². The molecular weight excluding hydrogens is 298 g/mol. The van der Waals surface area contributed by atoms with Crippen LogP contribution in [-0.4, -0.2) is 0 Å². The average molecular weight is 319 g/mol. The third kappa shape index (κ3) is 3.93. The molecule has 24 heavy (non-hydrogen) atoms. The van der Waals surface area contributed by atoms with Crippen LogP contribution in [0.3, 0.4) is 0 Å². The van der Waals surface area contributed by atoms with E-state index < -0.39 is 0 Å². The smallest absolute Gasteiger partial charge is 0.136 e. The van der Waals surface area contributed by atoms with Crippen LogP contribution in [0.15, 0.2) is 72.8 Å². The molecule has 3 N–H and O–H groups in total. The quantitative estimate of drug-likeness (QED) is 0.621. The standard InChI is InChI=1S/C20H21N3O/c1-15-3-7-17(8-4-15)21-22-18-9-13-20(14-10-18)23(24)19-11-5-16(2)6-12-19/h3-14,21-23H,1-2H3. The van der Waals surface area contributed by atoms with E-state index in [9.17, 15) is 5.21 Å². The van der Waals surface area contributed by atoms with Crippen molar-refractivity contribution >= 4 is 22.7 Å². The van der Waals surface area contributed by atoms with Crippen molar-refractivity contribution in [3.05, 3.63) is 89.1 Å². The molecule has 0 aromatic heterocycles. The molecule has 0 aliphatic carbocycles. The minimum absolute atomic E-state index is 0.0352. The van der Waals surface area contributed by atoms with Crippen molar-refractivity contribution in [2.45, 2.75) is 13.8 Å². The minimum atomic E-state index is 0.0352. The van der Waals surface area contributed by atoms with Gasteiger partial charge in [0.05, 0.1) is 11.4 Å². The van der Waals surface area contributed by atoms with Crippen LogP contribution < -0.4 is 15.9 Å². The predicted octanol–water partition coefficient (Wildman–Crippen LogP) is 4.09. The molecule has 0 heterocycles. The fourth-order valence-corrected chi connectivity index (χ4v) is 2.36. The Morgan fingerprint density at radius 3 is 1.38 bits per heavy atom. The number of aryl methyl sites for hydroxylation is 2. The number of nitrogens with one attached hydrogen (secondary N) is 3. The topological polar surface area (TPSA) is 51.6 Å². The summed E-state index contributed by atoms with van der Waals surface area (Å²) in [7, 11) is 0. The molecule has 4 nitrogen and oxygen atoms in total. The van der Waals surface area contributed by atoms with Gasteiger partial charge in [-0.2, -0.15) is 0 Å². The van der Waals surface area contributed by atoms with Gasteiger partial charge in [-0.1, -0.05) is 35.4 Å². The maximum absolute atomic E-state index is 12.4. The molecule has 0 spiro atoms. The van der Waals surface area contributed by atoms with E-state index in [0.717, 1.165) is 16.9 Å². The maximum Gasteiger partial charge on any atom is 0.136 e. The molecule has 0 saturated heterocycles. The van der Waals surface area contributed by atoms with E-state index in [2.05, 4.69) is 17.8 Å². The van der Waals surface area contributed by atoms with Crippen molar-refractivity contribution in [3.63, 3.8) is 0 Å². The lowest BCUT2D eigenvalue weighted by Crippen LogP contribution is -2.96. The Morgan fingerprint density at radius 2 is 0.917 bits per heavy atom. The highest BCUT2D eigenvalue weighted by atomic mass is 16.5. The largest absolute Gasteiger partial charge is 0.623 e. The van der Waals surface area contributed by atoms with Gasteiger partial charge in [0.25, 0.3) is 0 Å². The van der Waals surface area contributed by atoms with Crippen LogP contribution in [0.4, 0.5) is 22.7 Å². The second-order valence-electron chi connectivity index (χ2n) is 5.89.